The van der Waals surface area contributed by atoms with Crippen molar-refractivity contribution in [3.63, 3.8) is 0 Å². The van der Waals surface area contributed by atoms with Gasteiger partial charge in [-0.05, 0) is 0 Å². The molecule has 2 saturated heterocycles. The Labute approximate surface area is 128 Å². The number of H-pyrrole nitrogens is 1. The molecule has 0 spiro atoms. The Hall–Kier alpha value is -2.09. The molecule has 2 fully saturated rings. The fraction of sp³-hybridized carbons (Fsp3) is 0.643. The minimum Gasteiger partial charge on any atom is -0.481 e. The summed E-state index contributed by atoms with van der Waals surface area (Å²) in [6.45, 7) is 2.51. The number of nitrogens with zero attached hydrogens (tertiary/aromatic N) is 4. The van der Waals surface area contributed by atoms with Gasteiger partial charge in [0.1, 0.15) is 11.2 Å². The highest BCUT2D eigenvalue weighted by molar-refractivity contribution is 5.80. The van der Waals surface area contributed by atoms with Crippen LogP contribution in [0.4, 0.5) is 4.79 Å². The summed E-state index contributed by atoms with van der Waals surface area (Å²) >= 11 is 0. The summed E-state index contributed by atoms with van der Waals surface area (Å²) in [7, 11) is 3.38. The number of rotatable bonds is 3. The first-order chi connectivity index (χ1) is 10.4. The third kappa shape index (κ3) is 2.33. The van der Waals surface area contributed by atoms with Gasteiger partial charge in [0.15, 0.2) is 0 Å². The second kappa shape index (κ2) is 5.28. The van der Waals surface area contributed by atoms with E-state index in [9.17, 15) is 14.7 Å². The van der Waals surface area contributed by atoms with Crippen LogP contribution in [0.25, 0.3) is 0 Å². The first-order valence-electron chi connectivity index (χ1n) is 7.32. The average Bonchev–Trinajstić information content (AvgIpc) is 3.12. The molecule has 8 nitrogen and oxygen atoms in total. The van der Waals surface area contributed by atoms with E-state index in [-0.39, 0.29) is 18.5 Å². The van der Waals surface area contributed by atoms with E-state index in [1.807, 2.05) is 0 Å². The molecular weight excluding hydrogens is 286 g/mol. The van der Waals surface area contributed by atoms with Gasteiger partial charge in [0.25, 0.3) is 0 Å². The molecule has 2 amide bonds. The van der Waals surface area contributed by atoms with Gasteiger partial charge in [-0.2, -0.15) is 0 Å². The molecule has 2 aliphatic heterocycles. The Kier molecular flexibility index (Phi) is 3.56. The van der Waals surface area contributed by atoms with Crippen molar-refractivity contribution in [1.82, 2.24) is 24.7 Å². The molecule has 2 atom stereocenters. The molecule has 0 unspecified atom stereocenters. The van der Waals surface area contributed by atoms with Gasteiger partial charge in [-0.1, -0.05) is 0 Å². The number of carboxylic acid groups (broad SMARTS) is 1. The Morgan fingerprint density at radius 3 is 2.77 bits per heavy atom. The lowest BCUT2D eigenvalue weighted by Gasteiger charge is -2.26. The van der Waals surface area contributed by atoms with Gasteiger partial charge in [0.05, 0.1) is 6.54 Å². The zero-order chi connectivity index (χ0) is 15.9. The van der Waals surface area contributed by atoms with Crippen molar-refractivity contribution in [2.24, 2.45) is 11.3 Å². The number of aliphatic carboxylic acids is 1. The molecule has 0 saturated carbocycles. The summed E-state index contributed by atoms with van der Waals surface area (Å²) in [6.07, 6.45) is 3.45. The Bertz CT molecular complexity index is 573. The van der Waals surface area contributed by atoms with Gasteiger partial charge in [-0.25, -0.2) is 9.78 Å². The quantitative estimate of drug-likeness (QED) is 0.814. The van der Waals surface area contributed by atoms with Gasteiger partial charge in [0, 0.05) is 58.6 Å². The number of amides is 2. The van der Waals surface area contributed by atoms with Crippen LogP contribution in [0, 0.1) is 11.3 Å². The number of imidazole rings is 1. The fourth-order valence-electron chi connectivity index (χ4n) is 3.62. The van der Waals surface area contributed by atoms with Gasteiger partial charge in [-0.15, -0.1) is 0 Å². The summed E-state index contributed by atoms with van der Waals surface area (Å²) < 4.78 is 0. The lowest BCUT2D eigenvalue weighted by atomic mass is 9.81. The second-order valence-electron chi connectivity index (χ2n) is 6.42. The summed E-state index contributed by atoms with van der Waals surface area (Å²) in [4.78, 5) is 36.5. The van der Waals surface area contributed by atoms with Crippen molar-refractivity contribution >= 4 is 12.0 Å². The van der Waals surface area contributed by atoms with E-state index in [4.69, 9.17) is 0 Å². The van der Waals surface area contributed by atoms with Crippen molar-refractivity contribution in [2.45, 2.75) is 6.54 Å². The third-order valence-electron chi connectivity index (χ3n) is 4.69. The third-order valence-corrected chi connectivity index (χ3v) is 4.69. The Morgan fingerprint density at radius 2 is 2.23 bits per heavy atom. The number of urea groups is 1. The molecule has 0 bridgehead atoms. The molecule has 2 aliphatic rings. The van der Waals surface area contributed by atoms with Crippen LogP contribution in [0.2, 0.25) is 0 Å². The highest BCUT2D eigenvalue weighted by Crippen LogP contribution is 2.43. The second-order valence-corrected chi connectivity index (χ2v) is 6.42. The highest BCUT2D eigenvalue weighted by atomic mass is 16.4. The smallest absolute Gasteiger partial charge is 0.319 e. The van der Waals surface area contributed by atoms with Crippen LogP contribution in [0.3, 0.4) is 0 Å². The van der Waals surface area contributed by atoms with E-state index < -0.39 is 11.4 Å². The van der Waals surface area contributed by atoms with Crippen LogP contribution in [-0.2, 0) is 11.3 Å². The normalized spacial score (nSPS) is 27.9. The van der Waals surface area contributed by atoms with Crippen LogP contribution < -0.4 is 0 Å². The maximum atomic E-state index is 12.1. The zero-order valence-corrected chi connectivity index (χ0v) is 12.8. The number of hydrogen-bond acceptors (Lipinski definition) is 4. The summed E-state index contributed by atoms with van der Waals surface area (Å²) in [5.41, 5.74) is -0.863. The minimum atomic E-state index is -0.863. The molecule has 120 valence electrons. The number of likely N-dealkylation sites (tertiary alicyclic amines) is 2. The first kappa shape index (κ1) is 14.8. The van der Waals surface area contributed by atoms with Crippen molar-refractivity contribution in [3.8, 4) is 0 Å². The van der Waals surface area contributed by atoms with E-state index in [1.54, 1.807) is 31.4 Å². The average molecular weight is 307 g/mol. The van der Waals surface area contributed by atoms with Crippen LogP contribution in [-0.4, -0.2) is 82.0 Å². The molecule has 8 heteroatoms. The molecular formula is C14H21N5O3. The maximum Gasteiger partial charge on any atom is 0.319 e. The van der Waals surface area contributed by atoms with Crippen molar-refractivity contribution in [1.29, 1.82) is 0 Å². The largest absolute Gasteiger partial charge is 0.481 e. The number of carbonyl (C=O) groups excluding carboxylic acids is 1. The lowest BCUT2D eigenvalue weighted by molar-refractivity contribution is -0.148. The van der Waals surface area contributed by atoms with E-state index in [2.05, 4.69) is 14.9 Å². The number of hydrogen-bond donors (Lipinski definition) is 2. The van der Waals surface area contributed by atoms with Gasteiger partial charge >= 0.3 is 12.0 Å². The first-order valence-corrected chi connectivity index (χ1v) is 7.32. The SMILES string of the molecule is CN(C)C(=O)N1C[C@H]2CN(Cc3ncc[nH]3)C[C@@]2(C(=O)O)C1. The van der Waals surface area contributed by atoms with Gasteiger partial charge in [-0.3, -0.25) is 9.69 Å². The molecule has 0 radical (unpaired) electrons. The number of aromatic amines is 1. The predicted molar refractivity (Wildman–Crippen MR) is 78.1 cm³/mol. The van der Waals surface area contributed by atoms with Crippen molar-refractivity contribution in [2.75, 3.05) is 40.3 Å². The minimum absolute atomic E-state index is 0.0381. The van der Waals surface area contributed by atoms with Gasteiger partial charge < -0.3 is 19.9 Å². The van der Waals surface area contributed by atoms with Crippen LogP contribution in [0.5, 0.6) is 0 Å². The molecule has 1 aromatic rings. The summed E-state index contributed by atoms with van der Waals surface area (Å²) in [5.74, 6) is -0.0147. The summed E-state index contributed by atoms with van der Waals surface area (Å²) in [6, 6.07) is -0.118. The number of fused-ring (bicyclic) bond motifs is 1. The van der Waals surface area contributed by atoms with Crippen LogP contribution in [0.15, 0.2) is 12.4 Å². The molecule has 1 aromatic heterocycles. The lowest BCUT2D eigenvalue weighted by Crippen LogP contribution is -2.44. The van der Waals surface area contributed by atoms with Crippen molar-refractivity contribution in [3.05, 3.63) is 18.2 Å². The fourth-order valence-corrected chi connectivity index (χ4v) is 3.62. The van der Waals surface area contributed by atoms with Crippen LogP contribution >= 0.6 is 0 Å². The molecule has 2 N–H and O–H groups in total. The Morgan fingerprint density at radius 1 is 1.45 bits per heavy atom. The molecule has 0 aromatic carbocycles. The molecule has 3 rings (SSSR count). The Balaban J connectivity index is 1.74. The van der Waals surface area contributed by atoms with Gasteiger partial charge in [0.2, 0.25) is 0 Å². The highest BCUT2D eigenvalue weighted by Gasteiger charge is 2.58. The van der Waals surface area contributed by atoms with E-state index in [1.165, 1.54) is 4.90 Å². The topological polar surface area (TPSA) is 92.8 Å². The summed E-state index contributed by atoms with van der Waals surface area (Å²) in [5, 5.41) is 9.75. The number of carbonyl (C=O) groups is 2. The molecule has 0 aliphatic carbocycles. The van der Waals surface area contributed by atoms with Crippen molar-refractivity contribution < 1.29 is 14.7 Å². The predicted octanol–water partition coefficient (Wildman–Crippen LogP) is -0.0903. The number of nitrogens with one attached hydrogen (secondary N) is 1. The maximum absolute atomic E-state index is 12.1. The standard InChI is InChI=1S/C14H21N5O3/c1-17(2)13(22)19-6-10-5-18(7-11-15-3-4-16-11)8-14(10,9-19)12(20)21/h3-4,10H,5-9H2,1-2H3,(H,15,16)(H,20,21)/t10-,14-/m1/s1. The monoisotopic (exact) mass is 307 g/mol. The number of carboxylic acids is 1. The number of aromatic nitrogens is 2. The van der Waals surface area contributed by atoms with Crippen LogP contribution in [0.1, 0.15) is 5.82 Å². The van der Waals surface area contributed by atoms with E-state index in [0.29, 0.717) is 26.2 Å². The zero-order valence-electron chi connectivity index (χ0n) is 12.8. The van der Waals surface area contributed by atoms with E-state index in [0.717, 1.165) is 5.82 Å². The van der Waals surface area contributed by atoms with E-state index >= 15 is 0 Å². The molecule has 22 heavy (non-hydrogen) atoms. The molecule has 3 heterocycles.